The minimum absolute atomic E-state index is 0.327. The number of piperidine rings is 1. The van der Waals surface area contributed by atoms with Crippen LogP contribution in [-0.4, -0.2) is 32.0 Å². The van der Waals surface area contributed by atoms with Crippen LogP contribution in [-0.2, 0) is 0 Å². The third-order valence-electron chi connectivity index (χ3n) is 3.30. The molecule has 0 aliphatic carbocycles. The summed E-state index contributed by atoms with van der Waals surface area (Å²) < 4.78 is 39.8. The average Bonchev–Trinajstić information content (AvgIpc) is 2.47. The van der Waals surface area contributed by atoms with Gasteiger partial charge in [0, 0.05) is 12.2 Å². The van der Waals surface area contributed by atoms with Crippen molar-refractivity contribution in [2.75, 3.05) is 25.0 Å². The largest absolute Gasteiger partial charge is 0.573 e. The van der Waals surface area contributed by atoms with Crippen LogP contribution in [0.1, 0.15) is 12.8 Å². The van der Waals surface area contributed by atoms with Gasteiger partial charge in [-0.05, 0) is 56.1 Å². The fourth-order valence-electron chi connectivity index (χ4n) is 2.25. The number of carbonyl (C=O) groups excluding carboxylic acids is 1. The molecule has 1 heterocycles. The molecule has 1 aromatic carbocycles. The van der Waals surface area contributed by atoms with Crippen molar-refractivity contribution in [2.24, 2.45) is 5.92 Å². The molecule has 1 aliphatic heterocycles. The summed E-state index contributed by atoms with van der Waals surface area (Å²) in [4.78, 5) is 11.7. The van der Waals surface area contributed by atoms with Crippen molar-refractivity contribution in [3.8, 4) is 5.75 Å². The van der Waals surface area contributed by atoms with Crippen LogP contribution < -0.4 is 20.7 Å². The summed E-state index contributed by atoms with van der Waals surface area (Å²) in [5.74, 6) is 0.0776. The first-order valence-electron chi connectivity index (χ1n) is 7.04. The van der Waals surface area contributed by atoms with Gasteiger partial charge in [0.1, 0.15) is 5.75 Å². The van der Waals surface area contributed by atoms with Crippen molar-refractivity contribution in [1.82, 2.24) is 10.6 Å². The zero-order chi connectivity index (χ0) is 16.0. The molecule has 1 unspecified atom stereocenters. The predicted molar refractivity (Wildman–Crippen MR) is 75.7 cm³/mol. The Morgan fingerprint density at radius 2 is 2.05 bits per heavy atom. The van der Waals surface area contributed by atoms with Crippen LogP contribution in [0.3, 0.4) is 0 Å². The highest BCUT2D eigenvalue weighted by Gasteiger charge is 2.30. The maximum absolute atomic E-state index is 12.0. The maximum Gasteiger partial charge on any atom is 0.573 e. The molecule has 1 aromatic rings. The molecule has 3 N–H and O–H groups in total. The first-order valence-corrected chi connectivity index (χ1v) is 7.04. The van der Waals surface area contributed by atoms with Crippen molar-refractivity contribution in [3.05, 3.63) is 24.3 Å². The molecular formula is C14H18F3N3O2. The van der Waals surface area contributed by atoms with E-state index in [4.69, 9.17) is 0 Å². The normalized spacial score (nSPS) is 18.6. The van der Waals surface area contributed by atoms with Crippen molar-refractivity contribution in [2.45, 2.75) is 19.2 Å². The Hall–Kier alpha value is -1.96. The van der Waals surface area contributed by atoms with Crippen molar-refractivity contribution >= 4 is 11.7 Å². The first kappa shape index (κ1) is 16.4. The van der Waals surface area contributed by atoms with Crippen LogP contribution in [0.5, 0.6) is 5.75 Å². The smallest absolute Gasteiger partial charge is 0.406 e. The van der Waals surface area contributed by atoms with Crippen molar-refractivity contribution in [1.29, 1.82) is 0 Å². The molecule has 0 saturated carbocycles. The Bertz CT molecular complexity index is 485. The van der Waals surface area contributed by atoms with E-state index in [1.807, 2.05) is 0 Å². The molecule has 2 amide bonds. The number of urea groups is 1. The molecule has 1 fully saturated rings. The lowest BCUT2D eigenvalue weighted by atomic mass is 10.00. The number of hydrogen-bond acceptors (Lipinski definition) is 3. The lowest BCUT2D eigenvalue weighted by Gasteiger charge is -2.22. The van der Waals surface area contributed by atoms with Crippen molar-refractivity contribution < 1.29 is 22.7 Å². The topological polar surface area (TPSA) is 62.4 Å². The number of benzene rings is 1. The molecule has 2 rings (SSSR count). The zero-order valence-corrected chi connectivity index (χ0v) is 11.9. The SMILES string of the molecule is O=C(NCC1CCCNC1)Nc1ccc(OC(F)(F)F)cc1. The summed E-state index contributed by atoms with van der Waals surface area (Å²) in [6, 6.07) is 4.61. The summed E-state index contributed by atoms with van der Waals surface area (Å²) in [6.45, 7) is 2.45. The molecule has 1 atom stereocenters. The van der Waals surface area contributed by atoms with Crippen LogP contribution in [0.2, 0.25) is 0 Å². The van der Waals surface area contributed by atoms with E-state index in [0.29, 0.717) is 18.2 Å². The van der Waals surface area contributed by atoms with E-state index in [1.54, 1.807) is 0 Å². The Morgan fingerprint density at radius 3 is 2.64 bits per heavy atom. The Balaban J connectivity index is 1.76. The predicted octanol–water partition coefficient (Wildman–Crippen LogP) is 2.71. The summed E-state index contributed by atoms with van der Waals surface area (Å²) in [7, 11) is 0. The van der Waals surface area contributed by atoms with E-state index in [9.17, 15) is 18.0 Å². The third kappa shape index (κ3) is 5.80. The van der Waals surface area contributed by atoms with E-state index < -0.39 is 6.36 Å². The molecule has 1 saturated heterocycles. The zero-order valence-electron chi connectivity index (χ0n) is 11.9. The fourth-order valence-corrected chi connectivity index (χ4v) is 2.25. The molecule has 0 spiro atoms. The summed E-state index contributed by atoms with van der Waals surface area (Å²) >= 11 is 0. The minimum Gasteiger partial charge on any atom is -0.406 e. The molecule has 22 heavy (non-hydrogen) atoms. The van der Waals surface area contributed by atoms with Gasteiger partial charge in [0.15, 0.2) is 0 Å². The van der Waals surface area contributed by atoms with Crippen LogP contribution in [0.25, 0.3) is 0 Å². The van der Waals surface area contributed by atoms with Gasteiger partial charge in [0.05, 0.1) is 0 Å². The van der Waals surface area contributed by atoms with Crippen molar-refractivity contribution in [3.63, 3.8) is 0 Å². The minimum atomic E-state index is -4.72. The highest BCUT2D eigenvalue weighted by atomic mass is 19.4. The second-order valence-electron chi connectivity index (χ2n) is 5.12. The molecule has 5 nitrogen and oxygen atoms in total. The van der Waals surface area contributed by atoms with Gasteiger partial charge in [-0.15, -0.1) is 13.2 Å². The van der Waals surface area contributed by atoms with Gasteiger partial charge in [-0.25, -0.2) is 4.79 Å². The highest BCUT2D eigenvalue weighted by Crippen LogP contribution is 2.23. The van der Waals surface area contributed by atoms with E-state index in [1.165, 1.54) is 12.1 Å². The summed E-state index contributed by atoms with van der Waals surface area (Å²) in [5, 5.41) is 8.57. The number of amides is 2. The molecule has 1 aliphatic rings. The number of ether oxygens (including phenoxy) is 1. The number of anilines is 1. The van der Waals surface area contributed by atoms with Crippen LogP contribution >= 0.6 is 0 Å². The number of nitrogens with one attached hydrogen (secondary N) is 3. The molecule has 122 valence electrons. The van der Waals surface area contributed by atoms with Gasteiger partial charge in [-0.2, -0.15) is 0 Å². The number of alkyl halides is 3. The number of carbonyl (C=O) groups is 1. The van der Waals surface area contributed by atoms with Gasteiger partial charge < -0.3 is 20.7 Å². The highest BCUT2D eigenvalue weighted by molar-refractivity contribution is 5.89. The van der Waals surface area contributed by atoms with E-state index in [0.717, 1.165) is 38.1 Å². The van der Waals surface area contributed by atoms with E-state index >= 15 is 0 Å². The lowest BCUT2D eigenvalue weighted by Crippen LogP contribution is -2.39. The number of halogens is 3. The molecule has 8 heteroatoms. The Labute approximate surface area is 126 Å². The second-order valence-corrected chi connectivity index (χ2v) is 5.12. The molecule has 0 aromatic heterocycles. The van der Waals surface area contributed by atoms with Crippen LogP contribution in [0.15, 0.2) is 24.3 Å². The average molecular weight is 317 g/mol. The fraction of sp³-hybridized carbons (Fsp3) is 0.500. The lowest BCUT2D eigenvalue weighted by molar-refractivity contribution is -0.274. The molecule has 0 radical (unpaired) electrons. The first-order chi connectivity index (χ1) is 10.4. The number of rotatable bonds is 4. The third-order valence-corrected chi connectivity index (χ3v) is 3.30. The maximum atomic E-state index is 12.0. The van der Waals surface area contributed by atoms with Gasteiger partial charge >= 0.3 is 12.4 Å². The van der Waals surface area contributed by atoms with Gasteiger partial charge in [-0.1, -0.05) is 0 Å². The van der Waals surface area contributed by atoms with Crippen LogP contribution in [0.4, 0.5) is 23.7 Å². The molecule has 0 bridgehead atoms. The van der Waals surface area contributed by atoms with Gasteiger partial charge in [0.25, 0.3) is 0 Å². The Kier molecular flexibility index (Phi) is 5.48. The van der Waals surface area contributed by atoms with Gasteiger partial charge in [-0.3, -0.25) is 0 Å². The summed E-state index contributed by atoms with van der Waals surface area (Å²) in [5.41, 5.74) is 0.397. The summed E-state index contributed by atoms with van der Waals surface area (Å²) in [6.07, 6.45) is -2.56. The monoisotopic (exact) mass is 317 g/mol. The standard InChI is InChI=1S/C14H18F3N3O2/c15-14(16,17)22-12-5-3-11(4-6-12)20-13(21)19-9-10-2-1-7-18-8-10/h3-6,10,18H,1-2,7-9H2,(H2,19,20,21). The molecular weight excluding hydrogens is 299 g/mol. The quantitative estimate of drug-likeness (QED) is 0.800. The Morgan fingerprint density at radius 1 is 1.32 bits per heavy atom. The second kappa shape index (κ2) is 7.35. The number of hydrogen-bond donors (Lipinski definition) is 3. The van der Waals surface area contributed by atoms with E-state index in [-0.39, 0.29) is 11.8 Å². The van der Waals surface area contributed by atoms with Gasteiger partial charge in [0.2, 0.25) is 0 Å². The van der Waals surface area contributed by atoms with E-state index in [2.05, 4.69) is 20.7 Å². The van der Waals surface area contributed by atoms with Crippen LogP contribution in [0, 0.1) is 5.92 Å².